The van der Waals surface area contributed by atoms with Crippen LogP contribution in [0.5, 0.6) is 0 Å². The number of nitrogens with one attached hydrogen (secondary N) is 3. The Balaban J connectivity index is 2.26. The Morgan fingerprint density at radius 1 is 1.25 bits per heavy atom. The predicted octanol–water partition coefficient (Wildman–Crippen LogP) is 0.481. The van der Waals surface area contributed by atoms with Crippen molar-refractivity contribution in [1.29, 1.82) is 0 Å². The zero-order valence-corrected chi connectivity index (χ0v) is 13.0. The lowest BCUT2D eigenvalue weighted by molar-refractivity contribution is 0.423. The molecule has 1 aromatic rings. The molecule has 1 aromatic heterocycles. The zero-order chi connectivity index (χ0) is 15.0. The number of hydrogen-bond acceptors (Lipinski definition) is 7. The third kappa shape index (κ3) is 6.83. The summed E-state index contributed by atoms with van der Waals surface area (Å²) in [5, 5.41) is 14.1. The Kier molecular flexibility index (Phi) is 6.89. The van der Waals surface area contributed by atoms with Gasteiger partial charge in [0.15, 0.2) is 0 Å². The highest BCUT2D eigenvalue weighted by Gasteiger charge is 2.12. The quantitative estimate of drug-likeness (QED) is 0.539. The second-order valence-electron chi connectivity index (χ2n) is 4.57. The van der Waals surface area contributed by atoms with Crippen LogP contribution >= 0.6 is 0 Å². The summed E-state index contributed by atoms with van der Waals surface area (Å²) in [6.07, 6.45) is 2.81. The molecule has 0 bridgehead atoms. The molecule has 0 saturated heterocycles. The smallest absolute Gasteiger partial charge is 0.315 e. The summed E-state index contributed by atoms with van der Waals surface area (Å²) in [7, 11) is -3.12. The lowest BCUT2D eigenvalue weighted by atomic mass is 10.3. The lowest BCUT2D eigenvalue weighted by Gasteiger charge is -2.07. The molecular formula is C11H23N5O3S. The maximum absolute atomic E-state index is 10.8. The van der Waals surface area contributed by atoms with Crippen LogP contribution in [0.1, 0.15) is 38.6 Å². The van der Waals surface area contributed by atoms with Gasteiger partial charge in [-0.1, -0.05) is 12.0 Å². The molecule has 0 fully saturated rings. The molecule has 0 aromatic carbocycles. The van der Waals surface area contributed by atoms with Crippen LogP contribution in [0.25, 0.3) is 0 Å². The summed E-state index contributed by atoms with van der Waals surface area (Å²) in [6.45, 7) is 5.87. The van der Waals surface area contributed by atoms with Crippen molar-refractivity contribution in [3.63, 3.8) is 0 Å². The maximum atomic E-state index is 10.8. The third-order valence-electron chi connectivity index (χ3n) is 2.51. The Morgan fingerprint density at radius 2 is 2.00 bits per heavy atom. The summed E-state index contributed by atoms with van der Waals surface area (Å²) in [5.74, 6) is 0.537. The molecule has 20 heavy (non-hydrogen) atoms. The predicted molar refractivity (Wildman–Crippen MR) is 77.0 cm³/mol. The van der Waals surface area contributed by atoms with Gasteiger partial charge >= 0.3 is 6.01 Å². The molecule has 1 atom stereocenters. The Labute approximate surface area is 119 Å². The van der Waals surface area contributed by atoms with Gasteiger partial charge in [-0.3, -0.25) is 0 Å². The molecule has 1 unspecified atom stereocenters. The van der Waals surface area contributed by atoms with Crippen molar-refractivity contribution in [1.82, 2.24) is 20.2 Å². The fourth-order valence-corrected chi connectivity index (χ4v) is 1.99. The van der Waals surface area contributed by atoms with Gasteiger partial charge in [-0.2, -0.15) is 0 Å². The first-order chi connectivity index (χ1) is 9.42. The lowest BCUT2D eigenvalue weighted by Crippen LogP contribution is -2.24. The van der Waals surface area contributed by atoms with Gasteiger partial charge in [0, 0.05) is 13.1 Å². The van der Waals surface area contributed by atoms with Crippen molar-refractivity contribution in [2.24, 2.45) is 0 Å². The fraction of sp³-hybridized carbons (Fsp3) is 0.818. The average molecular weight is 305 g/mol. The summed E-state index contributed by atoms with van der Waals surface area (Å²) in [4.78, 5) is 0. The molecule has 0 aliphatic carbocycles. The molecule has 8 nitrogen and oxygen atoms in total. The summed E-state index contributed by atoms with van der Waals surface area (Å²) in [6, 6.07) is 0.370. The molecule has 1 heterocycles. The van der Waals surface area contributed by atoms with Crippen molar-refractivity contribution < 1.29 is 12.8 Å². The maximum Gasteiger partial charge on any atom is 0.315 e. The van der Waals surface area contributed by atoms with E-state index in [1.807, 2.05) is 6.92 Å². The van der Waals surface area contributed by atoms with E-state index in [4.69, 9.17) is 4.42 Å². The van der Waals surface area contributed by atoms with E-state index in [0.29, 0.717) is 31.4 Å². The van der Waals surface area contributed by atoms with E-state index in [-0.39, 0.29) is 6.04 Å². The van der Waals surface area contributed by atoms with Crippen LogP contribution in [-0.2, 0) is 10.0 Å². The highest BCUT2D eigenvalue weighted by Crippen LogP contribution is 2.13. The van der Waals surface area contributed by atoms with Crippen LogP contribution in [0.3, 0.4) is 0 Å². The van der Waals surface area contributed by atoms with Crippen molar-refractivity contribution >= 4 is 16.0 Å². The zero-order valence-electron chi connectivity index (χ0n) is 12.1. The molecule has 0 saturated carbocycles. The van der Waals surface area contributed by atoms with Crippen molar-refractivity contribution in [3.05, 3.63) is 5.89 Å². The minimum atomic E-state index is -3.12. The molecule has 0 radical (unpaired) electrons. The molecule has 116 valence electrons. The molecule has 0 amide bonds. The van der Waals surface area contributed by atoms with Crippen LogP contribution < -0.4 is 15.4 Å². The first-order valence-corrected chi connectivity index (χ1v) is 8.57. The molecular weight excluding hydrogens is 282 g/mol. The second-order valence-corrected chi connectivity index (χ2v) is 6.40. The van der Waals surface area contributed by atoms with Gasteiger partial charge in [0.2, 0.25) is 15.9 Å². The van der Waals surface area contributed by atoms with E-state index in [0.717, 1.165) is 19.2 Å². The number of nitrogens with zero attached hydrogens (tertiary/aromatic N) is 2. The molecule has 0 aliphatic rings. The van der Waals surface area contributed by atoms with Gasteiger partial charge in [-0.15, -0.1) is 5.10 Å². The molecule has 9 heteroatoms. The minimum absolute atomic E-state index is 0.0184. The largest absolute Gasteiger partial charge is 0.406 e. The number of rotatable bonds is 10. The monoisotopic (exact) mass is 305 g/mol. The average Bonchev–Trinajstić information content (AvgIpc) is 2.83. The van der Waals surface area contributed by atoms with Crippen LogP contribution in [0.15, 0.2) is 4.42 Å². The van der Waals surface area contributed by atoms with Crippen LogP contribution in [-0.4, -0.2) is 44.5 Å². The number of aromatic nitrogens is 2. The first kappa shape index (κ1) is 16.9. The molecule has 0 spiro atoms. The Morgan fingerprint density at radius 3 is 2.65 bits per heavy atom. The summed E-state index contributed by atoms with van der Waals surface area (Å²) in [5.41, 5.74) is 0. The minimum Gasteiger partial charge on any atom is -0.406 e. The van der Waals surface area contributed by atoms with Gasteiger partial charge in [0.1, 0.15) is 0 Å². The fourth-order valence-electron chi connectivity index (χ4n) is 1.47. The highest BCUT2D eigenvalue weighted by atomic mass is 32.2. The van der Waals surface area contributed by atoms with Crippen molar-refractivity contribution in [2.45, 2.75) is 32.7 Å². The van der Waals surface area contributed by atoms with Crippen LogP contribution in [0, 0.1) is 0 Å². The van der Waals surface area contributed by atoms with Crippen molar-refractivity contribution in [2.75, 3.05) is 31.2 Å². The van der Waals surface area contributed by atoms with E-state index in [9.17, 15) is 8.42 Å². The van der Waals surface area contributed by atoms with Gasteiger partial charge in [0.05, 0.1) is 12.3 Å². The van der Waals surface area contributed by atoms with Gasteiger partial charge < -0.3 is 15.1 Å². The van der Waals surface area contributed by atoms with E-state index in [1.54, 1.807) is 0 Å². The van der Waals surface area contributed by atoms with Crippen LogP contribution in [0.2, 0.25) is 0 Å². The third-order valence-corrected chi connectivity index (χ3v) is 3.23. The molecule has 3 N–H and O–H groups in total. The van der Waals surface area contributed by atoms with E-state index < -0.39 is 10.0 Å². The van der Waals surface area contributed by atoms with Gasteiger partial charge in [-0.25, -0.2) is 13.1 Å². The highest BCUT2D eigenvalue weighted by molar-refractivity contribution is 7.88. The first-order valence-electron chi connectivity index (χ1n) is 6.67. The molecule has 0 aliphatic heterocycles. The van der Waals surface area contributed by atoms with Gasteiger partial charge in [0.25, 0.3) is 0 Å². The van der Waals surface area contributed by atoms with E-state index >= 15 is 0 Å². The van der Waals surface area contributed by atoms with E-state index in [1.165, 1.54) is 0 Å². The van der Waals surface area contributed by atoms with Crippen molar-refractivity contribution in [3.8, 4) is 0 Å². The second kappa shape index (κ2) is 8.18. The van der Waals surface area contributed by atoms with Gasteiger partial charge in [-0.05, 0) is 26.3 Å². The number of sulfonamides is 1. The standard InChI is InChI=1S/C11H23N5O3S/c1-4-6-12-9(2)10-15-16-11(19-10)13-7-5-8-14-20(3,17)18/h9,12,14H,4-8H2,1-3H3,(H,13,16). The number of anilines is 1. The number of hydrogen-bond donors (Lipinski definition) is 3. The summed E-state index contributed by atoms with van der Waals surface area (Å²) >= 11 is 0. The molecule has 1 rings (SSSR count). The topological polar surface area (TPSA) is 109 Å². The van der Waals surface area contributed by atoms with Crippen LogP contribution in [0.4, 0.5) is 6.01 Å². The summed E-state index contributed by atoms with van der Waals surface area (Å²) < 4.78 is 29.6. The Hall–Kier alpha value is -1.19. The van der Waals surface area contributed by atoms with E-state index in [2.05, 4.69) is 32.5 Å². The Bertz CT molecular complexity index is 488. The SMILES string of the molecule is CCCNC(C)c1nnc(NCCCNS(C)(=O)=O)o1. The normalized spacial score (nSPS) is 13.3.